The molecule has 0 spiro atoms. The van der Waals surface area contributed by atoms with Gasteiger partial charge < -0.3 is 9.84 Å². The number of methoxy groups -OCH3 is 1. The molecule has 1 aromatic carbocycles. The van der Waals surface area contributed by atoms with E-state index in [1.807, 2.05) is 30.4 Å². The summed E-state index contributed by atoms with van der Waals surface area (Å²) in [4.78, 5) is 0. The van der Waals surface area contributed by atoms with Crippen molar-refractivity contribution in [2.45, 2.75) is 6.61 Å². The lowest BCUT2D eigenvalue weighted by molar-refractivity contribution is 0.274. The molecule has 0 saturated heterocycles. The number of halogens is 1. The molecule has 1 aromatic rings. The number of hydrogen-bond donors (Lipinski definition) is 1. The van der Waals surface area contributed by atoms with Crippen LogP contribution in [0.5, 0.6) is 5.75 Å². The molecular formula is C11H13ClO2. The highest BCUT2D eigenvalue weighted by molar-refractivity contribution is 6.19. The number of ether oxygens (including phenoxy) is 1. The van der Waals surface area contributed by atoms with Gasteiger partial charge in [0.2, 0.25) is 0 Å². The topological polar surface area (TPSA) is 29.5 Å². The SMILES string of the molecule is COc1cc(C=CCCl)ccc1CO. The molecule has 0 atom stereocenters. The largest absolute Gasteiger partial charge is 0.496 e. The Labute approximate surface area is 88.8 Å². The second-order valence-corrected chi connectivity index (χ2v) is 3.09. The average molecular weight is 213 g/mol. The molecule has 0 aliphatic carbocycles. The summed E-state index contributed by atoms with van der Waals surface area (Å²) in [6.07, 6.45) is 3.77. The minimum Gasteiger partial charge on any atom is -0.496 e. The molecule has 0 aliphatic rings. The van der Waals surface area contributed by atoms with E-state index in [-0.39, 0.29) is 6.61 Å². The predicted octanol–water partition coefficient (Wildman–Crippen LogP) is 2.44. The quantitative estimate of drug-likeness (QED) is 0.777. The molecule has 0 aliphatic heterocycles. The van der Waals surface area contributed by atoms with Crippen LogP contribution >= 0.6 is 11.6 Å². The van der Waals surface area contributed by atoms with E-state index in [1.54, 1.807) is 7.11 Å². The molecule has 76 valence electrons. The van der Waals surface area contributed by atoms with Crippen LogP contribution in [0.15, 0.2) is 24.3 Å². The second-order valence-electron chi connectivity index (χ2n) is 2.79. The molecule has 3 heteroatoms. The van der Waals surface area contributed by atoms with Crippen molar-refractivity contribution in [1.82, 2.24) is 0 Å². The third-order valence-corrected chi connectivity index (χ3v) is 2.06. The third-order valence-electron chi connectivity index (χ3n) is 1.88. The van der Waals surface area contributed by atoms with E-state index in [2.05, 4.69) is 0 Å². The number of hydrogen-bond acceptors (Lipinski definition) is 2. The summed E-state index contributed by atoms with van der Waals surface area (Å²) in [6.45, 7) is -0.0112. The van der Waals surface area contributed by atoms with Crippen LogP contribution in [0.25, 0.3) is 6.08 Å². The van der Waals surface area contributed by atoms with Gasteiger partial charge in [-0.2, -0.15) is 0 Å². The number of alkyl halides is 1. The smallest absolute Gasteiger partial charge is 0.124 e. The molecule has 0 fully saturated rings. The van der Waals surface area contributed by atoms with Crippen LogP contribution in [0, 0.1) is 0 Å². The summed E-state index contributed by atoms with van der Waals surface area (Å²) in [5, 5.41) is 9.00. The summed E-state index contributed by atoms with van der Waals surface area (Å²) in [5.74, 6) is 1.19. The normalized spacial score (nSPS) is 10.8. The summed E-state index contributed by atoms with van der Waals surface area (Å²) in [7, 11) is 1.59. The van der Waals surface area contributed by atoms with Crippen molar-refractivity contribution in [1.29, 1.82) is 0 Å². The van der Waals surface area contributed by atoms with Crippen molar-refractivity contribution >= 4 is 17.7 Å². The maximum absolute atomic E-state index is 9.00. The first-order chi connectivity index (χ1) is 6.81. The van der Waals surface area contributed by atoms with Gasteiger partial charge in [0.05, 0.1) is 13.7 Å². The van der Waals surface area contributed by atoms with Crippen molar-refractivity contribution in [3.05, 3.63) is 35.4 Å². The van der Waals surface area contributed by atoms with E-state index in [4.69, 9.17) is 21.4 Å². The Balaban J connectivity index is 2.95. The molecule has 0 heterocycles. The van der Waals surface area contributed by atoms with Crippen LogP contribution < -0.4 is 4.74 Å². The van der Waals surface area contributed by atoms with Crippen molar-refractivity contribution in [2.75, 3.05) is 13.0 Å². The minimum atomic E-state index is -0.0112. The molecule has 14 heavy (non-hydrogen) atoms. The van der Waals surface area contributed by atoms with E-state index in [0.717, 1.165) is 11.1 Å². The number of benzene rings is 1. The predicted molar refractivity (Wildman–Crippen MR) is 58.7 cm³/mol. The van der Waals surface area contributed by atoms with Gasteiger partial charge in [0, 0.05) is 11.4 Å². The Hall–Kier alpha value is -0.990. The molecule has 0 aromatic heterocycles. The van der Waals surface area contributed by atoms with Crippen LogP contribution in [0.4, 0.5) is 0 Å². The first-order valence-corrected chi connectivity index (χ1v) is 4.85. The molecule has 0 radical (unpaired) electrons. The Kier molecular flexibility index (Phi) is 4.50. The lowest BCUT2D eigenvalue weighted by Crippen LogP contribution is -1.91. The summed E-state index contributed by atoms with van der Waals surface area (Å²) < 4.78 is 5.13. The fourth-order valence-electron chi connectivity index (χ4n) is 1.18. The van der Waals surface area contributed by atoms with Gasteiger partial charge in [0.25, 0.3) is 0 Å². The number of aliphatic hydroxyl groups excluding tert-OH is 1. The van der Waals surface area contributed by atoms with Gasteiger partial charge in [0.15, 0.2) is 0 Å². The van der Waals surface area contributed by atoms with Crippen LogP contribution in [0.2, 0.25) is 0 Å². The van der Waals surface area contributed by atoms with Gasteiger partial charge in [-0.3, -0.25) is 0 Å². The molecule has 1 N–H and O–H groups in total. The number of allylic oxidation sites excluding steroid dienone is 1. The van der Waals surface area contributed by atoms with Crippen molar-refractivity contribution in [3.63, 3.8) is 0 Å². The second kappa shape index (κ2) is 5.68. The van der Waals surface area contributed by atoms with Gasteiger partial charge in [-0.05, 0) is 11.6 Å². The summed E-state index contributed by atoms with van der Waals surface area (Å²) in [6, 6.07) is 5.62. The van der Waals surface area contributed by atoms with Crippen LogP contribution in [-0.4, -0.2) is 18.1 Å². The van der Waals surface area contributed by atoms with Gasteiger partial charge in [0.1, 0.15) is 5.75 Å². The highest BCUT2D eigenvalue weighted by atomic mass is 35.5. The highest BCUT2D eigenvalue weighted by Gasteiger charge is 2.01. The minimum absolute atomic E-state index is 0.0112. The first kappa shape index (κ1) is 11.1. The van der Waals surface area contributed by atoms with Gasteiger partial charge >= 0.3 is 0 Å². The average Bonchev–Trinajstić information content (AvgIpc) is 2.25. The van der Waals surface area contributed by atoms with Gasteiger partial charge in [-0.1, -0.05) is 24.3 Å². The zero-order valence-corrected chi connectivity index (χ0v) is 8.79. The molecule has 0 bridgehead atoms. The lowest BCUT2D eigenvalue weighted by atomic mass is 10.1. The highest BCUT2D eigenvalue weighted by Crippen LogP contribution is 2.20. The number of rotatable bonds is 4. The van der Waals surface area contributed by atoms with E-state index >= 15 is 0 Å². The standard InChI is InChI=1S/C11H13ClO2/c1-14-11-7-9(3-2-6-12)4-5-10(11)8-13/h2-5,7,13H,6,8H2,1H3. The molecule has 2 nitrogen and oxygen atoms in total. The van der Waals surface area contributed by atoms with E-state index in [1.165, 1.54) is 0 Å². The molecule has 1 rings (SSSR count). The molecule has 0 amide bonds. The van der Waals surface area contributed by atoms with E-state index < -0.39 is 0 Å². The summed E-state index contributed by atoms with van der Waals surface area (Å²) >= 11 is 5.53. The third kappa shape index (κ3) is 2.76. The van der Waals surface area contributed by atoms with Crippen LogP contribution in [-0.2, 0) is 6.61 Å². The van der Waals surface area contributed by atoms with Crippen molar-refractivity contribution < 1.29 is 9.84 Å². The maximum atomic E-state index is 9.00. The zero-order chi connectivity index (χ0) is 10.4. The molecule has 0 unspecified atom stereocenters. The maximum Gasteiger partial charge on any atom is 0.124 e. The molecular weight excluding hydrogens is 200 g/mol. The van der Waals surface area contributed by atoms with Crippen LogP contribution in [0.3, 0.4) is 0 Å². The van der Waals surface area contributed by atoms with Crippen molar-refractivity contribution in [2.24, 2.45) is 0 Å². The summed E-state index contributed by atoms with van der Waals surface area (Å²) in [5.41, 5.74) is 1.80. The first-order valence-electron chi connectivity index (χ1n) is 4.32. The van der Waals surface area contributed by atoms with E-state index in [0.29, 0.717) is 11.6 Å². The zero-order valence-electron chi connectivity index (χ0n) is 8.03. The number of aliphatic hydroxyl groups is 1. The Morgan fingerprint density at radius 3 is 2.86 bits per heavy atom. The van der Waals surface area contributed by atoms with Gasteiger partial charge in [-0.25, -0.2) is 0 Å². The fourth-order valence-corrected chi connectivity index (χ4v) is 1.27. The Bertz CT molecular complexity index is 321. The van der Waals surface area contributed by atoms with E-state index in [9.17, 15) is 0 Å². The van der Waals surface area contributed by atoms with Crippen molar-refractivity contribution in [3.8, 4) is 5.75 Å². The molecule has 0 saturated carbocycles. The van der Waals surface area contributed by atoms with Gasteiger partial charge in [-0.15, -0.1) is 11.6 Å². The fraction of sp³-hybridized carbons (Fsp3) is 0.273. The Morgan fingerprint density at radius 2 is 2.29 bits per heavy atom. The van der Waals surface area contributed by atoms with Crippen LogP contribution in [0.1, 0.15) is 11.1 Å². The lowest BCUT2D eigenvalue weighted by Gasteiger charge is -2.06. The monoisotopic (exact) mass is 212 g/mol. The Morgan fingerprint density at radius 1 is 1.50 bits per heavy atom.